The Morgan fingerprint density at radius 3 is 2.38 bits per heavy atom. The zero-order valence-corrected chi connectivity index (χ0v) is 23.3. The fourth-order valence-corrected chi connectivity index (χ4v) is 6.15. The molecule has 0 N–H and O–H groups in total. The first-order valence-corrected chi connectivity index (χ1v) is 14.8. The van der Waals surface area contributed by atoms with Crippen molar-refractivity contribution in [3.63, 3.8) is 0 Å². The predicted molar refractivity (Wildman–Crippen MR) is 145 cm³/mol. The molecule has 2 fully saturated rings. The predicted octanol–water partition coefficient (Wildman–Crippen LogP) is 4.54. The Hall–Kier alpha value is -3.39. The van der Waals surface area contributed by atoms with E-state index < -0.39 is 18.0 Å². The van der Waals surface area contributed by atoms with Gasteiger partial charge in [-0.05, 0) is 37.3 Å². The number of benzene rings is 1. The van der Waals surface area contributed by atoms with Crippen LogP contribution in [-0.4, -0.2) is 88.5 Å². The van der Waals surface area contributed by atoms with Gasteiger partial charge in [0.05, 0.1) is 10.6 Å². The number of likely N-dealkylation sites (tertiary alicyclic amines) is 1. The van der Waals surface area contributed by atoms with Crippen LogP contribution in [0.25, 0.3) is 0 Å². The van der Waals surface area contributed by atoms with E-state index in [-0.39, 0.29) is 17.4 Å². The molecule has 40 heavy (non-hydrogen) atoms. The number of para-hydroxylation sites is 1. The van der Waals surface area contributed by atoms with Crippen molar-refractivity contribution in [2.24, 2.45) is 0 Å². The van der Waals surface area contributed by atoms with Crippen LogP contribution in [0.5, 0.6) is 5.75 Å². The number of alkyl halides is 3. The van der Waals surface area contributed by atoms with Crippen molar-refractivity contribution in [2.45, 2.75) is 30.3 Å². The summed E-state index contributed by atoms with van der Waals surface area (Å²) in [6.07, 6.45) is -0.0103. The molecule has 1 aromatic carbocycles. The highest BCUT2D eigenvalue weighted by Gasteiger charge is 2.34. The van der Waals surface area contributed by atoms with Gasteiger partial charge in [0.25, 0.3) is 11.8 Å². The number of piperazine rings is 1. The van der Waals surface area contributed by atoms with Crippen molar-refractivity contribution in [1.29, 1.82) is 0 Å². The zero-order valence-electron chi connectivity index (χ0n) is 21.6. The molecule has 2 aliphatic heterocycles. The summed E-state index contributed by atoms with van der Waals surface area (Å²) in [5.74, 6) is -0.198. The lowest BCUT2D eigenvalue weighted by Gasteiger charge is -2.35. The van der Waals surface area contributed by atoms with E-state index in [1.807, 2.05) is 12.3 Å². The van der Waals surface area contributed by atoms with Crippen LogP contribution in [0, 0.1) is 0 Å². The number of anilines is 1. The van der Waals surface area contributed by atoms with Gasteiger partial charge in [-0.1, -0.05) is 23.9 Å². The lowest BCUT2D eigenvalue weighted by molar-refractivity contribution is -0.274. The van der Waals surface area contributed by atoms with E-state index in [0.717, 1.165) is 16.9 Å². The van der Waals surface area contributed by atoms with Gasteiger partial charge in [0.2, 0.25) is 0 Å². The number of piperidine rings is 1. The summed E-state index contributed by atoms with van der Waals surface area (Å²) in [7, 11) is 0. The van der Waals surface area contributed by atoms with Crippen LogP contribution in [0.1, 0.15) is 44.6 Å². The molecule has 2 aliphatic rings. The monoisotopic (exact) mass is 592 g/mol. The van der Waals surface area contributed by atoms with Crippen LogP contribution in [-0.2, 0) is 0 Å². The Bertz CT molecular complexity index is 1360. The molecule has 9 nitrogen and oxygen atoms in total. The van der Waals surface area contributed by atoms with Gasteiger partial charge in [0.15, 0.2) is 5.16 Å². The second-order valence-electron chi connectivity index (χ2n) is 9.36. The quantitative estimate of drug-likeness (QED) is 0.305. The number of ether oxygens (including phenoxy) is 1. The number of hydrogen-bond acceptors (Lipinski definition) is 9. The fraction of sp³-hybridized carbons (Fsp3) is 0.423. The maximum Gasteiger partial charge on any atom is 0.573 e. The third-order valence-electron chi connectivity index (χ3n) is 6.91. The summed E-state index contributed by atoms with van der Waals surface area (Å²) in [6.45, 7) is 3.19. The van der Waals surface area contributed by atoms with Gasteiger partial charge in [0.1, 0.15) is 17.3 Å². The molecule has 0 unspecified atom stereocenters. The highest BCUT2D eigenvalue weighted by molar-refractivity contribution is 7.98. The molecule has 3 aromatic rings. The lowest BCUT2D eigenvalue weighted by Crippen LogP contribution is -2.49. The summed E-state index contributed by atoms with van der Waals surface area (Å²) >= 11 is 2.91. The van der Waals surface area contributed by atoms with Crippen LogP contribution < -0.4 is 9.64 Å². The molecule has 14 heteroatoms. The SMILES string of the molecule is CSc1nccc(N2CCN(C(=O)c3csc(C4CCN(C(=O)c5ccccc5OC(F)(F)F)CC4)n3)CC2)n1. The number of aromatic nitrogens is 3. The first-order valence-electron chi connectivity index (χ1n) is 12.7. The van der Waals surface area contributed by atoms with Crippen LogP contribution in [0.4, 0.5) is 19.0 Å². The molecule has 0 bridgehead atoms. The Labute approximate surface area is 237 Å². The smallest absolute Gasteiger partial charge is 0.405 e. The highest BCUT2D eigenvalue weighted by Crippen LogP contribution is 2.33. The highest BCUT2D eigenvalue weighted by atomic mass is 32.2. The molecular weight excluding hydrogens is 565 g/mol. The summed E-state index contributed by atoms with van der Waals surface area (Å²) in [5, 5.41) is 3.32. The third-order valence-corrected chi connectivity index (χ3v) is 8.48. The summed E-state index contributed by atoms with van der Waals surface area (Å²) in [6, 6.07) is 7.25. The van der Waals surface area contributed by atoms with Crippen LogP contribution in [0.3, 0.4) is 0 Å². The van der Waals surface area contributed by atoms with Crippen molar-refractivity contribution >= 4 is 40.7 Å². The van der Waals surface area contributed by atoms with Gasteiger partial charge in [-0.3, -0.25) is 9.59 Å². The summed E-state index contributed by atoms with van der Waals surface area (Å²) in [4.78, 5) is 45.0. The maximum atomic E-state index is 13.1. The molecule has 2 amide bonds. The van der Waals surface area contributed by atoms with Gasteiger partial charge in [-0.25, -0.2) is 15.0 Å². The number of carbonyl (C=O) groups excluding carboxylic acids is 2. The molecule has 0 spiro atoms. The van der Waals surface area contributed by atoms with Gasteiger partial charge >= 0.3 is 6.36 Å². The van der Waals surface area contributed by atoms with Crippen molar-refractivity contribution in [3.05, 3.63) is 58.2 Å². The standard InChI is InChI=1S/C26H27F3N6O3S2/c1-39-25-30-9-6-21(32-25)33-12-14-35(15-13-33)24(37)19-16-40-22(31-19)17-7-10-34(11-8-17)23(36)18-4-2-3-5-20(18)38-26(27,28)29/h2-6,9,16-17H,7-8,10-15H2,1H3. The van der Waals surface area contributed by atoms with Crippen LogP contribution in [0.15, 0.2) is 47.1 Å². The first-order chi connectivity index (χ1) is 19.2. The van der Waals surface area contributed by atoms with Gasteiger partial charge < -0.3 is 19.4 Å². The minimum Gasteiger partial charge on any atom is -0.405 e. The van der Waals surface area contributed by atoms with E-state index >= 15 is 0 Å². The zero-order chi connectivity index (χ0) is 28.3. The fourth-order valence-electron chi connectivity index (χ4n) is 4.84. The molecule has 2 aromatic heterocycles. The minimum absolute atomic E-state index is 0.0671. The van der Waals surface area contributed by atoms with E-state index in [4.69, 9.17) is 0 Å². The van der Waals surface area contributed by atoms with Crippen molar-refractivity contribution in [1.82, 2.24) is 24.8 Å². The van der Waals surface area contributed by atoms with Gasteiger partial charge in [-0.15, -0.1) is 24.5 Å². The molecule has 0 saturated carbocycles. The van der Waals surface area contributed by atoms with Crippen molar-refractivity contribution in [2.75, 3.05) is 50.4 Å². The number of thiazole rings is 1. The summed E-state index contributed by atoms with van der Waals surface area (Å²) < 4.78 is 42.4. The van der Waals surface area contributed by atoms with Crippen LogP contribution >= 0.6 is 23.1 Å². The topological polar surface area (TPSA) is 91.8 Å². The molecular formula is C26H27F3N6O3S2. The maximum absolute atomic E-state index is 13.1. The normalized spacial score (nSPS) is 16.8. The third kappa shape index (κ3) is 6.49. The average molecular weight is 593 g/mol. The molecule has 4 heterocycles. The number of nitrogens with zero attached hydrogens (tertiary/aromatic N) is 6. The molecule has 212 valence electrons. The number of amides is 2. The second kappa shape index (κ2) is 12.0. The van der Waals surface area contributed by atoms with E-state index in [1.54, 1.807) is 16.5 Å². The number of carbonyl (C=O) groups is 2. The van der Waals surface area contributed by atoms with Crippen LogP contribution in [0.2, 0.25) is 0 Å². The minimum atomic E-state index is -4.88. The average Bonchev–Trinajstić information content (AvgIpc) is 3.47. The molecule has 0 radical (unpaired) electrons. The Balaban J connectivity index is 1.15. The Morgan fingerprint density at radius 1 is 0.975 bits per heavy atom. The second-order valence-corrected chi connectivity index (χ2v) is 11.0. The number of rotatable bonds is 6. The molecule has 2 saturated heterocycles. The Kier molecular flexibility index (Phi) is 8.45. The van der Waals surface area contributed by atoms with E-state index in [0.29, 0.717) is 63.0 Å². The van der Waals surface area contributed by atoms with Gasteiger partial charge in [-0.2, -0.15) is 0 Å². The molecule has 5 rings (SSSR count). The molecule has 0 atom stereocenters. The van der Waals surface area contributed by atoms with E-state index in [9.17, 15) is 22.8 Å². The summed E-state index contributed by atoms with van der Waals surface area (Å²) in [5.41, 5.74) is 0.293. The molecule has 0 aliphatic carbocycles. The number of hydrogen-bond donors (Lipinski definition) is 0. The van der Waals surface area contributed by atoms with Gasteiger partial charge in [0, 0.05) is 56.8 Å². The van der Waals surface area contributed by atoms with E-state index in [1.165, 1.54) is 46.2 Å². The van der Waals surface area contributed by atoms with Crippen molar-refractivity contribution in [3.8, 4) is 5.75 Å². The largest absolute Gasteiger partial charge is 0.573 e. The lowest BCUT2D eigenvalue weighted by atomic mass is 9.97. The van der Waals surface area contributed by atoms with E-state index in [2.05, 4.69) is 24.6 Å². The number of halogens is 3. The Morgan fingerprint density at radius 2 is 1.68 bits per heavy atom. The van der Waals surface area contributed by atoms with Crippen molar-refractivity contribution < 1.29 is 27.5 Å². The number of thioether (sulfide) groups is 1. The first kappa shape index (κ1) is 28.1.